The largest absolute Gasteiger partial charge is 0.477 e. The van der Waals surface area contributed by atoms with Crippen LogP contribution in [-0.2, 0) is 14.4 Å². The van der Waals surface area contributed by atoms with Gasteiger partial charge in [-0.15, -0.1) is 11.8 Å². The first-order valence-electron chi connectivity index (χ1n) is 8.08. The van der Waals surface area contributed by atoms with Gasteiger partial charge in [0, 0.05) is 18.3 Å². The lowest BCUT2D eigenvalue weighted by atomic mass is 9.92. The zero-order valence-corrected chi connectivity index (χ0v) is 15.5. The van der Waals surface area contributed by atoms with Crippen LogP contribution in [-0.4, -0.2) is 73.7 Å². The lowest BCUT2D eigenvalue weighted by molar-refractivity contribution is -0.156. The van der Waals surface area contributed by atoms with Crippen LogP contribution in [0.1, 0.15) is 20.3 Å². The highest BCUT2D eigenvalue weighted by molar-refractivity contribution is 8.23. The number of fused-ring (bicyclic) bond motifs is 1. The molecule has 0 radical (unpaired) electrons. The van der Waals surface area contributed by atoms with Crippen molar-refractivity contribution in [1.29, 1.82) is 0 Å². The van der Waals surface area contributed by atoms with Crippen LogP contribution in [0.15, 0.2) is 9.93 Å². The second kappa shape index (κ2) is 6.82. The molecule has 0 aromatic rings. The van der Waals surface area contributed by atoms with Crippen molar-refractivity contribution in [2.24, 2.45) is 11.7 Å². The number of nitrogens with two attached hydrogens (primary N) is 1. The van der Waals surface area contributed by atoms with Crippen LogP contribution in [0.3, 0.4) is 0 Å². The van der Waals surface area contributed by atoms with E-state index in [0.717, 1.165) is 6.42 Å². The highest BCUT2D eigenvalue weighted by Gasteiger charge is 2.58. The summed E-state index contributed by atoms with van der Waals surface area (Å²) in [5.41, 5.74) is 5.63. The Morgan fingerprint density at radius 2 is 2.08 bits per heavy atom. The summed E-state index contributed by atoms with van der Waals surface area (Å²) in [5.74, 6) is -2.17. The highest BCUT2D eigenvalue weighted by atomic mass is 32.2. The summed E-state index contributed by atoms with van der Waals surface area (Å²) in [6, 6.07) is -0.551. The molecule has 0 bridgehead atoms. The number of amides is 2. The minimum Gasteiger partial charge on any atom is -0.477 e. The summed E-state index contributed by atoms with van der Waals surface area (Å²) in [4.78, 5) is 38.8. The van der Waals surface area contributed by atoms with E-state index in [9.17, 15) is 24.6 Å². The fraction of sp³-hybridized carbons (Fsp3) is 0.667. The molecule has 5 atom stereocenters. The van der Waals surface area contributed by atoms with Gasteiger partial charge in [-0.1, -0.05) is 11.8 Å². The third-order valence-corrected chi connectivity index (χ3v) is 7.44. The molecule has 3 aliphatic heterocycles. The Morgan fingerprint density at radius 3 is 2.64 bits per heavy atom. The van der Waals surface area contributed by atoms with E-state index in [1.807, 2.05) is 0 Å². The molecule has 2 amide bonds. The summed E-state index contributed by atoms with van der Waals surface area (Å²) < 4.78 is 0.578. The lowest BCUT2D eigenvalue weighted by Crippen LogP contribution is -2.60. The molecule has 3 aliphatic rings. The Labute approximate surface area is 153 Å². The molecule has 2 saturated heterocycles. The number of carboxylic acids is 1. The highest BCUT2D eigenvalue weighted by Crippen LogP contribution is 2.55. The smallest absolute Gasteiger partial charge is 0.354 e. The van der Waals surface area contributed by atoms with Crippen molar-refractivity contribution < 1.29 is 24.6 Å². The third kappa shape index (κ3) is 3.16. The van der Waals surface area contributed by atoms with Gasteiger partial charge in [-0.05, 0) is 20.3 Å². The van der Waals surface area contributed by atoms with Crippen molar-refractivity contribution in [1.82, 2.24) is 9.80 Å². The van der Waals surface area contributed by atoms with Gasteiger partial charge in [-0.3, -0.25) is 14.5 Å². The molecule has 0 aromatic carbocycles. The number of thioether (sulfide) groups is 2. The Kier molecular flexibility index (Phi) is 5.06. The number of rotatable bonds is 5. The molecule has 2 fully saturated rings. The zero-order valence-electron chi connectivity index (χ0n) is 13.9. The Hall–Kier alpha value is -1.23. The quantitative estimate of drug-likeness (QED) is 0.556. The summed E-state index contributed by atoms with van der Waals surface area (Å²) in [7, 11) is 0. The van der Waals surface area contributed by atoms with Gasteiger partial charge in [-0.2, -0.15) is 0 Å². The number of hydrogen-bond acceptors (Lipinski definition) is 7. The molecule has 0 aliphatic carbocycles. The SMILES string of the molecule is CC(N)C(=O)N1CCC(SC2=C(C(=O)O)N3C(=O)C(C(C)O)[C@H]3S2)C1. The van der Waals surface area contributed by atoms with Gasteiger partial charge in [-0.25, -0.2) is 4.79 Å². The summed E-state index contributed by atoms with van der Waals surface area (Å²) >= 11 is 2.72. The zero-order chi connectivity index (χ0) is 18.5. The maximum Gasteiger partial charge on any atom is 0.354 e. The second-order valence-corrected chi connectivity index (χ2v) is 9.22. The molecular weight excluding hydrogens is 366 g/mol. The summed E-state index contributed by atoms with van der Waals surface area (Å²) in [5, 5.41) is 19.0. The number of hydrogen-bond donors (Lipinski definition) is 3. The van der Waals surface area contributed by atoms with Gasteiger partial charge in [0.1, 0.15) is 5.37 Å². The van der Waals surface area contributed by atoms with Crippen LogP contribution in [0, 0.1) is 5.92 Å². The number of aliphatic hydroxyl groups excluding tert-OH is 1. The van der Waals surface area contributed by atoms with E-state index < -0.39 is 24.0 Å². The maximum absolute atomic E-state index is 12.2. The first-order valence-corrected chi connectivity index (χ1v) is 9.84. The van der Waals surface area contributed by atoms with Gasteiger partial charge < -0.3 is 20.8 Å². The van der Waals surface area contributed by atoms with Gasteiger partial charge in [0.15, 0.2) is 5.70 Å². The minimum atomic E-state index is -1.14. The molecule has 3 rings (SSSR count). The van der Waals surface area contributed by atoms with E-state index in [1.165, 1.54) is 28.4 Å². The number of carbonyl (C=O) groups excluding carboxylic acids is 2. The predicted molar refractivity (Wildman–Crippen MR) is 94.3 cm³/mol. The third-order valence-electron chi connectivity index (χ3n) is 4.59. The van der Waals surface area contributed by atoms with Crippen molar-refractivity contribution in [3.63, 3.8) is 0 Å². The molecule has 0 saturated carbocycles. The van der Waals surface area contributed by atoms with Crippen molar-refractivity contribution in [3.05, 3.63) is 9.93 Å². The molecule has 10 heteroatoms. The molecule has 3 heterocycles. The predicted octanol–water partition coefficient (Wildman–Crippen LogP) is -0.166. The molecule has 4 N–H and O–H groups in total. The van der Waals surface area contributed by atoms with Crippen LogP contribution < -0.4 is 5.73 Å². The number of likely N-dealkylation sites (tertiary alicyclic amines) is 1. The lowest BCUT2D eigenvalue weighted by Gasteiger charge is -2.43. The first kappa shape index (κ1) is 18.6. The molecule has 8 nitrogen and oxygen atoms in total. The van der Waals surface area contributed by atoms with E-state index in [0.29, 0.717) is 17.3 Å². The molecule has 138 valence electrons. The van der Waals surface area contributed by atoms with Gasteiger partial charge in [0.2, 0.25) is 11.8 Å². The van der Waals surface area contributed by atoms with Crippen molar-refractivity contribution in [3.8, 4) is 0 Å². The van der Waals surface area contributed by atoms with Crippen LogP contribution >= 0.6 is 23.5 Å². The standard InChI is InChI=1S/C15H21N3O5S2/c1-6(16)11(20)17-4-3-8(5-17)24-15-10(14(22)23)18-12(21)9(7(2)19)13(18)25-15/h6-9,13,19H,3-5,16H2,1-2H3,(H,22,23)/t6?,7?,8?,9?,13-/m1/s1. The van der Waals surface area contributed by atoms with Gasteiger partial charge in [0.05, 0.1) is 22.3 Å². The average Bonchev–Trinajstić information content (AvgIpc) is 3.09. The van der Waals surface area contributed by atoms with Crippen molar-refractivity contribution in [2.45, 2.75) is 43.0 Å². The minimum absolute atomic E-state index is 0.00105. The Balaban J connectivity index is 1.71. The molecule has 4 unspecified atom stereocenters. The van der Waals surface area contributed by atoms with Crippen LogP contribution in [0.25, 0.3) is 0 Å². The summed E-state index contributed by atoms with van der Waals surface area (Å²) in [6.07, 6.45) is -0.0651. The monoisotopic (exact) mass is 387 g/mol. The number of nitrogens with zero attached hydrogens (tertiary/aromatic N) is 2. The van der Waals surface area contributed by atoms with Crippen LogP contribution in [0.5, 0.6) is 0 Å². The molecular formula is C15H21N3O5S2. The number of aliphatic hydroxyl groups is 1. The van der Waals surface area contributed by atoms with E-state index in [4.69, 9.17) is 5.73 Å². The van der Waals surface area contributed by atoms with Gasteiger partial charge >= 0.3 is 5.97 Å². The van der Waals surface area contributed by atoms with E-state index >= 15 is 0 Å². The Bertz CT molecular complexity index is 651. The fourth-order valence-corrected chi connectivity index (χ4v) is 6.62. The van der Waals surface area contributed by atoms with Crippen molar-refractivity contribution in [2.75, 3.05) is 13.1 Å². The van der Waals surface area contributed by atoms with Crippen LogP contribution in [0.2, 0.25) is 0 Å². The van der Waals surface area contributed by atoms with Crippen LogP contribution in [0.4, 0.5) is 0 Å². The van der Waals surface area contributed by atoms with Gasteiger partial charge in [0.25, 0.3) is 0 Å². The number of aliphatic carboxylic acids is 1. The van der Waals surface area contributed by atoms with E-state index in [-0.39, 0.29) is 28.1 Å². The normalized spacial score (nSPS) is 31.0. The van der Waals surface area contributed by atoms with Crippen molar-refractivity contribution >= 4 is 41.3 Å². The van der Waals surface area contributed by atoms with E-state index in [1.54, 1.807) is 18.7 Å². The maximum atomic E-state index is 12.2. The average molecular weight is 387 g/mol. The molecule has 0 aromatic heterocycles. The Morgan fingerprint density at radius 1 is 1.40 bits per heavy atom. The van der Waals surface area contributed by atoms with E-state index in [2.05, 4.69) is 0 Å². The first-order chi connectivity index (χ1) is 11.7. The number of β-lactam (4-membered cyclic amide) rings is 1. The number of carboxylic acid groups (broad SMARTS) is 1. The topological polar surface area (TPSA) is 124 Å². The second-order valence-electron chi connectivity index (χ2n) is 6.53. The fourth-order valence-electron chi connectivity index (χ4n) is 3.30. The summed E-state index contributed by atoms with van der Waals surface area (Å²) in [6.45, 7) is 4.30. The number of carbonyl (C=O) groups is 3. The molecule has 0 spiro atoms. The molecule has 25 heavy (non-hydrogen) atoms.